The summed E-state index contributed by atoms with van der Waals surface area (Å²) in [5.74, 6) is 0.926. The van der Waals surface area contributed by atoms with Gasteiger partial charge in [0.2, 0.25) is 0 Å². The van der Waals surface area contributed by atoms with Crippen molar-refractivity contribution in [2.45, 2.75) is 31.5 Å². The molecule has 6 heteroatoms. The number of carbonyl (C=O) groups is 1. The predicted molar refractivity (Wildman–Crippen MR) is 82.3 cm³/mol. The molecular weight excluding hydrogens is 286 g/mol. The van der Waals surface area contributed by atoms with Crippen molar-refractivity contribution in [3.8, 4) is 0 Å². The van der Waals surface area contributed by atoms with Crippen molar-refractivity contribution >= 4 is 17.7 Å². The molecule has 2 rings (SSSR count). The average Bonchev–Trinajstić information content (AvgIpc) is 2.88. The van der Waals surface area contributed by atoms with Crippen LogP contribution in [0, 0.1) is 0 Å². The monoisotopic (exact) mass is 305 g/mol. The van der Waals surface area contributed by atoms with Crippen LogP contribution < -0.4 is 0 Å². The minimum absolute atomic E-state index is 0.254. The van der Waals surface area contributed by atoms with Crippen molar-refractivity contribution < 1.29 is 9.53 Å². The van der Waals surface area contributed by atoms with E-state index in [2.05, 4.69) is 38.6 Å². The van der Waals surface area contributed by atoms with E-state index < -0.39 is 0 Å². The van der Waals surface area contributed by atoms with Gasteiger partial charge < -0.3 is 9.30 Å². The highest BCUT2D eigenvalue weighted by Crippen LogP contribution is 2.19. The predicted octanol–water partition coefficient (Wildman–Crippen LogP) is 2.54. The van der Waals surface area contributed by atoms with E-state index in [4.69, 9.17) is 0 Å². The van der Waals surface area contributed by atoms with Gasteiger partial charge in [0, 0.05) is 13.0 Å². The molecule has 0 radical (unpaired) electrons. The number of carbonyl (C=O) groups excluding carboxylic acids is 1. The first-order valence-electron chi connectivity index (χ1n) is 6.90. The largest absolute Gasteiger partial charge is 0.468 e. The van der Waals surface area contributed by atoms with Gasteiger partial charge in [-0.1, -0.05) is 49.0 Å². The molecule has 0 unspecified atom stereocenters. The molecule has 0 saturated heterocycles. The second-order valence-electron chi connectivity index (χ2n) is 4.58. The Bertz CT molecular complexity index is 584. The number of esters is 1. The van der Waals surface area contributed by atoms with Gasteiger partial charge in [-0.15, -0.1) is 10.2 Å². The van der Waals surface area contributed by atoms with E-state index in [1.165, 1.54) is 24.4 Å². The molecule has 0 N–H and O–H groups in total. The molecule has 0 amide bonds. The molecule has 1 aromatic carbocycles. The number of methoxy groups -OCH3 is 1. The molecule has 21 heavy (non-hydrogen) atoms. The topological polar surface area (TPSA) is 57.0 Å². The Balaban J connectivity index is 2.14. The highest BCUT2D eigenvalue weighted by atomic mass is 32.2. The lowest BCUT2D eigenvalue weighted by molar-refractivity contribution is -0.137. The van der Waals surface area contributed by atoms with Gasteiger partial charge in [-0.25, -0.2) is 0 Å². The summed E-state index contributed by atoms with van der Waals surface area (Å²) >= 11 is 1.37. The van der Waals surface area contributed by atoms with E-state index in [-0.39, 0.29) is 11.7 Å². The van der Waals surface area contributed by atoms with E-state index in [0.29, 0.717) is 0 Å². The van der Waals surface area contributed by atoms with E-state index in [1.807, 2.05) is 18.2 Å². The first kappa shape index (κ1) is 15.6. The first-order chi connectivity index (χ1) is 10.2. The standard InChI is InChI=1S/C15H19N3O2S/c1-3-9-18-13(10-12-7-5-4-6-8-12)16-17-15(18)21-11-14(19)20-2/h4-8H,3,9-11H2,1-2H3. The van der Waals surface area contributed by atoms with Gasteiger partial charge >= 0.3 is 5.97 Å². The lowest BCUT2D eigenvalue weighted by atomic mass is 10.1. The smallest absolute Gasteiger partial charge is 0.316 e. The van der Waals surface area contributed by atoms with Crippen LogP contribution in [-0.4, -0.2) is 33.6 Å². The molecule has 5 nitrogen and oxygen atoms in total. The van der Waals surface area contributed by atoms with Crippen LogP contribution in [0.2, 0.25) is 0 Å². The summed E-state index contributed by atoms with van der Waals surface area (Å²) in [5, 5.41) is 9.25. The molecule has 2 aromatic rings. The SMILES string of the molecule is CCCn1c(Cc2ccccc2)nnc1SCC(=O)OC. The van der Waals surface area contributed by atoms with Gasteiger partial charge in [-0.3, -0.25) is 4.79 Å². The summed E-state index contributed by atoms with van der Waals surface area (Å²) in [6.45, 7) is 2.96. The molecule has 0 fully saturated rings. The van der Waals surface area contributed by atoms with Crippen molar-refractivity contribution in [2.24, 2.45) is 0 Å². The minimum atomic E-state index is -0.254. The molecule has 0 saturated carbocycles. The Labute approximate surface area is 128 Å². The fourth-order valence-electron chi connectivity index (χ4n) is 1.97. The summed E-state index contributed by atoms with van der Waals surface area (Å²) in [6.07, 6.45) is 1.73. The summed E-state index contributed by atoms with van der Waals surface area (Å²) in [5.41, 5.74) is 1.20. The summed E-state index contributed by atoms with van der Waals surface area (Å²) in [7, 11) is 1.39. The maximum Gasteiger partial charge on any atom is 0.316 e. The van der Waals surface area contributed by atoms with Gasteiger partial charge in [0.25, 0.3) is 0 Å². The van der Waals surface area contributed by atoms with Crippen LogP contribution in [0.1, 0.15) is 24.7 Å². The molecule has 0 spiro atoms. The van der Waals surface area contributed by atoms with Crippen molar-refractivity contribution in [3.63, 3.8) is 0 Å². The Morgan fingerprint density at radius 3 is 2.71 bits per heavy atom. The fraction of sp³-hybridized carbons (Fsp3) is 0.400. The highest BCUT2D eigenvalue weighted by Gasteiger charge is 2.14. The summed E-state index contributed by atoms with van der Waals surface area (Å²) in [6, 6.07) is 10.2. The van der Waals surface area contributed by atoms with Gasteiger partial charge in [-0.2, -0.15) is 0 Å². The third-order valence-corrected chi connectivity index (χ3v) is 3.93. The molecule has 0 aliphatic rings. The van der Waals surface area contributed by atoms with Gasteiger partial charge in [0.05, 0.1) is 12.9 Å². The molecule has 0 atom stereocenters. The number of rotatable bonds is 7. The highest BCUT2D eigenvalue weighted by molar-refractivity contribution is 7.99. The number of benzene rings is 1. The van der Waals surface area contributed by atoms with E-state index in [0.717, 1.165) is 30.4 Å². The first-order valence-corrected chi connectivity index (χ1v) is 7.88. The molecular formula is C15H19N3O2S. The zero-order valence-electron chi connectivity index (χ0n) is 12.3. The second-order valence-corrected chi connectivity index (χ2v) is 5.52. The Kier molecular flexibility index (Phi) is 5.80. The zero-order valence-corrected chi connectivity index (χ0v) is 13.1. The Morgan fingerprint density at radius 1 is 1.29 bits per heavy atom. The fourth-order valence-corrected chi connectivity index (χ4v) is 2.78. The maximum atomic E-state index is 11.3. The molecule has 0 bridgehead atoms. The van der Waals surface area contributed by atoms with Gasteiger partial charge in [0.15, 0.2) is 5.16 Å². The molecule has 0 aliphatic carbocycles. The van der Waals surface area contributed by atoms with Crippen LogP contribution in [0.4, 0.5) is 0 Å². The number of hydrogen-bond donors (Lipinski definition) is 0. The van der Waals surface area contributed by atoms with Crippen LogP contribution in [0.3, 0.4) is 0 Å². The van der Waals surface area contributed by atoms with Crippen molar-refractivity contribution in [1.82, 2.24) is 14.8 Å². The number of aromatic nitrogens is 3. The molecule has 1 heterocycles. The van der Waals surface area contributed by atoms with Crippen LogP contribution in [0.5, 0.6) is 0 Å². The van der Waals surface area contributed by atoms with E-state index >= 15 is 0 Å². The molecule has 112 valence electrons. The molecule has 1 aromatic heterocycles. The van der Waals surface area contributed by atoms with E-state index in [9.17, 15) is 4.79 Å². The van der Waals surface area contributed by atoms with Gasteiger partial charge in [0.1, 0.15) is 5.82 Å². The van der Waals surface area contributed by atoms with Crippen LogP contribution >= 0.6 is 11.8 Å². The third-order valence-electron chi connectivity index (χ3n) is 2.99. The van der Waals surface area contributed by atoms with Crippen LogP contribution in [0.25, 0.3) is 0 Å². The number of nitrogens with zero attached hydrogens (tertiary/aromatic N) is 3. The quantitative estimate of drug-likeness (QED) is 0.581. The van der Waals surface area contributed by atoms with Crippen molar-refractivity contribution in [3.05, 3.63) is 41.7 Å². The maximum absolute atomic E-state index is 11.3. The summed E-state index contributed by atoms with van der Waals surface area (Å²) in [4.78, 5) is 11.3. The van der Waals surface area contributed by atoms with Crippen molar-refractivity contribution in [2.75, 3.05) is 12.9 Å². The lowest BCUT2D eigenvalue weighted by Gasteiger charge is -2.08. The van der Waals surface area contributed by atoms with Gasteiger partial charge in [-0.05, 0) is 12.0 Å². The summed E-state index contributed by atoms with van der Waals surface area (Å²) < 4.78 is 6.74. The minimum Gasteiger partial charge on any atom is -0.468 e. The zero-order chi connectivity index (χ0) is 15.1. The second kappa shape index (κ2) is 7.83. The van der Waals surface area contributed by atoms with Crippen molar-refractivity contribution in [1.29, 1.82) is 0 Å². The normalized spacial score (nSPS) is 10.6. The third kappa shape index (κ3) is 4.32. The van der Waals surface area contributed by atoms with E-state index in [1.54, 1.807) is 0 Å². The number of hydrogen-bond acceptors (Lipinski definition) is 5. The number of thioether (sulfide) groups is 1. The van der Waals surface area contributed by atoms with Crippen LogP contribution in [0.15, 0.2) is 35.5 Å². The Morgan fingerprint density at radius 2 is 2.05 bits per heavy atom. The average molecular weight is 305 g/mol. The Hall–Kier alpha value is -1.82. The molecule has 0 aliphatic heterocycles. The lowest BCUT2D eigenvalue weighted by Crippen LogP contribution is -2.08. The number of ether oxygens (including phenoxy) is 1. The van der Waals surface area contributed by atoms with Crippen LogP contribution in [-0.2, 0) is 22.5 Å².